The highest BCUT2D eigenvalue weighted by Gasteiger charge is 2.12. The SMILES string of the molecule is NNc1ncc(C(=O)Nc2cccc([N+](=O)[O-])c2)cc1Cl. The molecule has 8 nitrogen and oxygen atoms in total. The molecular weight excluding hydrogens is 298 g/mol. The van der Waals surface area contributed by atoms with Crippen LogP contribution >= 0.6 is 11.6 Å². The number of benzene rings is 1. The maximum absolute atomic E-state index is 12.0. The molecule has 1 heterocycles. The molecule has 1 aromatic heterocycles. The second-order valence-corrected chi connectivity index (χ2v) is 4.37. The Morgan fingerprint density at radius 3 is 2.76 bits per heavy atom. The van der Waals surface area contributed by atoms with Crippen LogP contribution in [0.1, 0.15) is 10.4 Å². The Kier molecular flexibility index (Phi) is 4.31. The smallest absolute Gasteiger partial charge is 0.271 e. The van der Waals surface area contributed by atoms with Crippen LogP contribution in [0.25, 0.3) is 0 Å². The van der Waals surface area contributed by atoms with Crippen LogP contribution in [0, 0.1) is 10.1 Å². The fourth-order valence-corrected chi connectivity index (χ4v) is 1.79. The van der Waals surface area contributed by atoms with Crippen molar-refractivity contribution >= 4 is 34.7 Å². The fourth-order valence-electron chi connectivity index (χ4n) is 1.57. The molecule has 0 aliphatic rings. The second kappa shape index (κ2) is 6.16. The third-order valence-corrected chi connectivity index (χ3v) is 2.84. The monoisotopic (exact) mass is 307 g/mol. The number of carbonyl (C=O) groups excluding carboxylic acids is 1. The van der Waals surface area contributed by atoms with E-state index < -0.39 is 10.8 Å². The number of aromatic nitrogens is 1. The van der Waals surface area contributed by atoms with Crippen molar-refractivity contribution in [3.63, 3.8) is 0 Å². The van der Waals surface area contributed by atoms with Gasteiger partial charge in [0.1, 0.15) is 0 Å². The lowest BCUT2D eigenvalue weighted by Crippen LogP contribution is -2.14. The minimum absolute atomic E-state index is 0.119. The van der Waals surface area contributed by atoms with Crippen LogP contribution in [0.4, 0.5) is 17.2 Å². The van der Waals surface area contributed by atoms with Crippen LogP contribution in [0.3, 0.4) is 0 Å². The molecule has 2 aromatic rings. The highest BCUT2D eigenvalue weighted by molar-refractivity contribution is 6.33. The molecule has 4 N–H and O–H groups in total. The van der Waals surface area contributed by atoms with E-state index in [1.165, 1.54) is 36.5 Å². The van der Waals surface area contributed by atoms with Crippen molar-refractivity contribution in [1.29, 1.82) is 0 Å². The Morgan fingerprint density at radius 1 is 1.38 bits per heavy atom. The normalized spacial score (nSPS) is 10.0. The van der Waals surface area contributed by atoms with Gasteiger partial charge in [-0.3, -0.25) is 14.9 Å². The van der Waals surface area contributed by atoms with Crippen LogP contribution in [0.15, 0.2) is 36.5 Å². The number of non-ortho nitro benzene ring substituents is 1. The minimum atomic E-state index is -0.546. The van der Waals surface area contributed by atoms with Gasteiger partial charge in [-0.25, -0.2) is 10.8 Å². The predicted molar refractivity (Wildman–Crippen MR) is 78.1 cm³/mol. The molecule has 0 unspecified atom stereocenters. The Morgan fingerprint density at radius 2 is 2.14 bits per heavy atom. The zero-order valence-corrected chi connectivity index (χ0v) is 11.3. The van der Waals surface area contributed by atoms with E-state index in [1.807, 2.05) is 0 Å². The first-order valence-electron chi connectivity index (χ1n) is 5.69. The van der Waals surface area contributed by atoms with Crippen LogP contribution in [-0.2, 0) is 0 Å². The van der Waals surface area contributed by atoms with E-state index in [4.69, 9.17) is 17.4 Å². The van der Waals surface area contributed by atoms with E-state index in [9.17, 15) is 14.9 Å². The summed E-state index contributed by atoms with van der Waals surface area (Å²) in [5, 5.41) is 13.4. The highest BCUT2D eigenvalue weighted by Crippen LogP contribution is 2.21. The van der Waals surface area contributed by atoms with E-state index in [0.29, 0.717) is 5.69 Å². The van der Waals surface area contributed by atoms with E-state index >= 15 is 0 Å². The van der Waals surface area contributed by atoms with Crippen LogP contribution in [0.5, 0.6) is 0 Å². The molecule has 0 aliphatic heterocycles. The van der Waals surface area contributed by atoms with Gasteiger partial charge in [0.15, 0.2) is 5.82 Å². The Labute approximate surface area is 124 Å². The topological polar surface area (TPSA) is 123 Å². The summed E-state index contributed by atoms with van der Waals surface area (Å²) in [7, 11) is 0. The number of hydrogen-bond donors (Lipinski definition) is 3. The molecule has 9 heteroatoms. The number of halogens is 1. The number of nitrogens with two attached hydrogens (primary N) is 1. The maximum Gasteiger partial charge on any atom is 0.271 e. The van der Waals surface area contributed by atoms with Gasteiger partial charge in [0.25, 0.3) is 11.6 Å². The number of hydrogen-bond acceptors (Lipinski definition) is 6. The van der Waals surface area contributed by atoms with Gasteiger partial charge in [0.05, 0.1) is 15.5 Å². The molecule has 0 saturated heterocycles. The van der Waals surface area contributed by atoms with E-state index in [-0.39, 0.29) is 22.1 Å². The van der Waals surface area contributed by atoms with E-state index in [2.05, 4.69) is 15.7 Å². The summed E-state index contributed by atoms with van der Waals surface area (Å²) in [6.07, 6.45) is 1.29. The predicted octanol–water partition coefficient (Wildman–Crippen LogP) is 2.18. The van der Waals surface area contributed by atoms with Crippen LogP contribution < -0.4 is 16.6 Å². The summed E-state index contributed by atoms with van der Waals surface area (Å²) in [5.41, 5.74) is 2.66. The number of pyridine rings is 1. The molecule has 0 atom stereocenters. The summed E-state index contributed by atoms with van der Waals surface area (Å²) >= 11 is 5.87. The molecule has 0 aliphatic carbocycles. The number of nitrogens with zero attached hydrogens (tertiary/aromatic N) is 2. The average molecular weight is 308 g/mol. The van der Waals surface area contributed by atoms with Crippen molar-refractivity contribution in [3.8, 4) is 0 Å². The van der Waals surface area contributed by atoms with E-state index in [0.717, 1.165) is 0 Å². The standard InChI is InChI=1S/C12H10ClN5O3/c13-10-4-7(6-15-11(10)17-14)12(19)16-8-2-1-3-9(5-8)18(20)21/h1-6H,14H2,(H,15,17)(H,16,19). The number of hydrazine groups is 1. The molecule has 2 rings (SSSR count). The van der Waals surface area contributed by atoms with Gasteiger partial charge in [-0.05, 0) is 12.1 Å². The Balaban J connectivity index is 2.20. The van der Waals surface area contributed by atoms with Crippen LogP contribution in [-0.4, -0.2) is 15.8 Å². The largest absolute Gasteiger partial charge is 0.322 e. The molecule has 1 aromatic carbocycles. The number of carbonyl (C=O) groups is 1. The second-order valence-electron chi connectivity index (χ2n) is 3.96. The first kappa shape index (κ1) is 14.7. The Bertz CT molecular complexity index is 707. The van der Waals surface area contributed by atoms with Gasteiger partial charge in [-0.2, -0.15) is 0 Å². The van der Waals surface area contributed by atoms with Crippen molar-refractivity contribution in [2.24, 2.45) is 5.84 Å². The Hall–Kier alpha value is -2.71. The van der Waals surface area contributed by atoms with Crippen molar-refractivity contribution < 1.29 is 9.72 Å². The number of nitro groups is 1. The number of nitrogens with one attached hydrogen (secondary N) is 2. The number of nitrogen functional groups attached to an aromatic ring is 1. The fraction of sp³-hybridized carbons (Fsp3) is 0. The molecule has 0 radical (unpaired) electrons. The zero-order valence-electron chi connectivity index (χ0n) is 10.5. The highest BCUT2D eigenvalue weighted by atomic mass is 35.5. The van der Waals surface area contributed by atoms with Gasteiger partial charge in [0.2, 0.25) is 0 Å². The average Bonchev–Trinajstić information content (AvgIpc) is 2.47. The molecule has 1 amide bonds. The molecular formula is C12H10ClN5O3. The third kappa shape index (κ3) is 3.44. The number of nitro benzene ring substituents is 1. The summed E-state index contributed by atoms with van der Waals surface area (Å²) in [4.78, 5) is 26.0. The van der Waals surface area contributed by atoms with Gasteiger partial charge in [-0.15, -0.1) is 0 Å². The van der Waals surface area contributed by atoms with Gasteiger partial charge in [-0.1, -0.05) is 17.7 Å². The van der Waals surface area contributed by atoms with Gasteiger partial charge in [0, 0.05) is 24.0 Å². The lowest BCUT2D eigenvalue weighted by atomic mass is 10.2. The van der Waals surface area contributed by atoms with Crippen molar-refractivity contribution in [2.45, 2.75) is 0 Å². The molecule has 0 saturated carbocycles. The summed E-state index contributed by atoms with van der Waals surface area (Å²) in [5.74, 6) is 4.93. The number of rotatable bonds is 4. The minimum Gasteiger partial charge on any atom is -0.322 e. The molecule has 0 bridgehead atoms. The van der Waals surface area contributed by atoms with Crippen LogP contribution in [0.2, 0.25) is 5.02 Å². The number of amides is 1. The molecule has 0 spiro atoms. The van der Waals surface area contributed by atoms with Crippen molar-refractivity contribution in [3.05, 3.63) is 57.2 Å². The van der Waals surface area contributed by atoms with Crippen molar-refractivity contribution in [1.82, 2.24) is 4.98 Å². The summed E-state index contributed by atoms with van der Waals surface area (Å²) < 4.78 is 0. The lowest BCUT2D eigenvalue weighted by molar-refractivity contribution is -0.384. The zero-order chi connectivity index (χ0) is 15.4. The maximum atomic E-state index is 12.0. The molecule has 108 valence electrons. The van der Waals surface area contributed by atoms with Gasteiger partial charge >= 0.3 is 0 Å². The molecule has 0 fully saturated rings. The quantitative estimate of drug-likeness (QED) is 0.452. The third-order valence-electron chi connectivity index (χ3n) is 2.55. The first-order chi connectivity index (χ1) is 10.0. The lowest BCUT2D eigenvalue weighted by Gasteiger charge is -2.07. The van der Waals surface area contributed by atoms with Crippen molar-refractivity contribution in [2.75, 3.05) is 10.7 Å². The number of anilines is 2. The van der Waals surface area contributed by atoms with Gasteiger partial charge < -0.3 is 10.7 Å². The first-order valence-corrected chi connectivity index (χ1v) is 6.07. The molecule has 21 heavy (non-hydrogen) atoms. The van der Waals surface area contributed by atoms with E-state index in [1.54, 1.807) is 0 Å². The summed E-state index contributed by atoms with van der Waals surface area (Å²) in [6.45, 7) is 0. The summed E-state index contributed by atoms with van der Waals surface area (Å²) in [6, 6.07) is 6.98.